The standard InChI is InChI=1S/C18H17FO4/c1-11-4-6-14(12(2)8-11)17(20)10-23-18(21)15-7-5-13(22-3)9-16(15)19/h4-9H,10H2,1-3H3. The second-order valence-electron chi connectivity index (χ2n) is 5.16. The van der Waals surface area contributed by atoms with Crippen LogP contribution >= 0.6 is 0 Å². The number of halogens is 1. The molecule has 0 fully saturated rings. The summed E-state index contributed by atoms with van der Waals surface area (Å²) in [5.41, 5.74) is 2.09. The Hall–Kier alpha value is -2.69. The van der Waals surface area contributed by atoms with Gasteiger partial charge >= 0.3 is 5.97 Å². The molecule has 0 saturated heterocycles. The van der Waals surface area contributed by atoms with Crippen LogP contribution in [0.1, 0.15) is 31.8 Å². The Kier molecular flexibility index (Phi) is 5.11. The number of hydrogen-bond acceptors (Lipinski definition) is 4. The van der Waals surface area contributed by atoms with Gasteiger partial charge in [0.15, 0.2) is 6.61 Å². The van der Waals surface area contributed by atoms with Crippen LogP contribution in [0.3, 0.4) is 0 Å². The molecule has 0 spiro atoms. The van der Waals surface area contributed by atoms with E-state index in [1.165, 1.54) is 19.2 Å². The normalized spacial score (nSPS) is 10.3. The van der Waals surface area contributed by atoms with E-state index in [4.69, 9.17) is 9.47 Å². The van der Waals surface area contributed by atoms with E-state index >= 15 is 0 Å². The predicted molar refractivity (Wildman–Crippen MR) is 83.5 cm³/mol. The number of ether oxygens (including phenoxy) is 2. The third-order valence-corrected chi connectivity index (χ3v) is 3.41. The second kappa shape index (κ2) is 7.05. The number of Topliss-reactive ketones (excluding diaryl/α,β-unsaturated/α-hetero) is 1. The van der Waals surface area contributed by atoms with Crippen molar-refractivity contribution in [1.82, 2.24) is 0 Å². The molecule has 0 aliphatic rings. The van der Waals surface area contributed by atoms with E-state index in [2.05, 4.69) is 0 Å². The molecule has 23 heavy (non-hydrogen) atoms. The predicted octanol–water partition coefficient (Wildman–Crippen LogP) is 3.49. The van der Waals surface area contributed by atoms with Gasteiger partial charge in [-0.05, 0) is 31.5 Å². The van der Waals surface area contributed by atoms with Gasteiger partial charge in [-0.3, -0.25) is 4.79 Å². The Morgan fingerprint density at radius 2 is 1.74 bits per heavy atom. The second-order valence-corrected chi connectivity index (χ2v) is 5.16. The van der Waals surface area contributed by atoms with Crippen LogP contribution in [0.4, 0.5) is 4.39 Å². The van der Waals surface area contributed by atoms with Crippen molar-refractivity contribution >= 4 is 11.8 Å². The summed E-state index contributed by atoms with van der Waals surface area (Å²) in [6, 6.07) is 9.17. The summed E-state index contributed by atoms with van der Waals surface area (Å²) >= 11 is 0. The highest BCUT2D eigenvalue weighted by Crippen LogP contribution is 2.17. The van der Waals surface area contributed by atoms with Gasteiger partial charge in [0.25, 0.3) is 0 Å². The van der Waals surface area contributed by atoms with Crippen molar-refractivity contribution < 1.29 is 23.5 Å². The molecule has 0 aromatic heterocycles. The maximum Gasteiger partial charge on any atom is 0.341 e. The molecule has 0 N–H and O–H groups in total. The lowest BCUT2D eigenvalue weighted by Gasteiger charge is -2.08. The van der Waals surface area contributed by atoms with E-state index in [0.29, 0.717) is 11.3 Å². The van der Waals surface area contributed by atoms with Gasteiger partial charge in [-0.2, -0.15) is 0 Å². The van der Waals surface area contributed by atoms with E-state index in [1.54, 1.807) is 6.07 Å². The summed E-state index contributed by atoms with van der Waals surface area (Å²) in [5, 5.41) is 0. The van der Waals surface area contributed by atoms with Crippen LogP contribution in [0.15, 0.2) is 36.4 Å². The van der Waals surface area contributed by atoms with Crippen molar-refractivity contribution in [3.63, 3.8) is 0 Å². The molecule has 0 bridgehead atoms. The highest BCUT2D eigenvalue weighted by molar-refractivity contribution is 6.00. The van der Waals surface area contributed by atoms with E-state index in [-0.39, 0.29) is 11.3 Å². The molecule has 4 nitrogen and oxygen atoms in total. The Morgan fingerprint density at radius 1 is 1.04 bits per heavy atom. The molecule has 0 aliphatic carbocycles. The van der Waals surface area contributed by atoms with Crippen LogP contribution in [0.2, 0.25) is 0 Å². The smallest absolute Gasteiger partial charge is 0.341 e. The molecule has 0 saturated carbocycles. The Balaban J connectivity index is 2.05. The molecule has 2 rings (SSSR count). The number of aryl methyl sites for hydroxylation is 2. The van der Waals surface area contributed by atoms with Crippen LogP contribution in [-0.4, -0.2) is 25.5 Å². The topological polar surface area (TPSA) is 52.6 Å². The van der Waals surface area contributed by atoms with Crippen LogP contribution in [0, 0.1) is 19.7 Å². The molecule has 0 unspecified atom stereocenters. The minimum atomic E-state index is -0.886. The Morgan fingerprint density at radius 3 is 2.35 bits per heavy atom. The highest BCUT2D eigenvalue weighted by atomic mass is 19.1. The van der Waals surface area contributed by atoms with Gasteiger partial charge in [0.1, 0.15) is 11.6 Å². The molecule has 0 amide bonds. The van der Waals surface area contributed by atoms with Gasteiger partial charge < -0.3 is 9.47 Å². The quantitative estimate of drug-likeness (QED) is 0.626. The lowest BCUT2D eigenvalue weighted by molar-refractivity contribution is 0.0470. The first-order valence-corrected chi connectivity index (χ1v) is 7.03. The Labute approximate surface area is 133 Å². The SMILES string of the molecule is COc1ccc(C(=O)OCC(=O)c2ccc(C)cc2C)c(F)c1. The summed E-state index contributed by atoms with van der Waals surface area (Å²) in [6.07, 6.45) is 0. The lowest BCUT2D eigenvalue weighted by atomic mass is 10.0. The number of ketones is 1. The summed E-state index contributed by atoms with van der Waals surface area (Å²) in [7, 11) is 1.40. The van der Waals surface area contributed by atoms with E-state index in [1.807, 2.05) is 26.0 Å². The summed E-state index contributed by atoms with van der Waals surface area (Å²) in [5.74, 6) is -1.67. The first-order chi connectivity index (χ1) is 10.9. The van der Waals surface area contributed by atoms with Gasteiger partial charge in [0.2, 0.25) is 5.78 Å². The van der Waals surface area contributed by atoms with E-state index < -0.39 is 18.4 Å². The van der Waals surface area contributed by atoms with Crippen molar-refractivity contribution in [2.75, 3.05) is 13.7 Å². The van der Waals surface area contributed by atoms with Crippen LogP contribution in [-0.2, 0) is 4.74 Å². The number of esters is 1. The molecule has 0 heterocycles. The van der Waals surface area contributed by atoms with Crippen LogP contribution < -0.4 is 4.74 Å². The molecule has 2 aromatic carbocycles. The summed E-state index contributed by atoms with van der Waals surface area (Å²) in [6.45, 7) is 3.30. The fourth-order valence-electron chi connectivity index (χ4n) is 2.20. The third kappa shape index (κ3) is 3.94. The number of rotatable bonds is 5. The maximum absolute atomic E-state index is 13.8. The highest BCUT2D eigenvalue weighted by Gasteiger charge is 2.17. The first kappa shape index (κ1) is 16.7. The van der Waals surface area contributed by atoms with Gasteiger partial charge in [-0.15, -0.1) is 0 Å². The van der Waals surface area contributed by atoms with Gasteiger partial charge in [0.05, 0.1) is 12.7 Å². The average Bonchev–Trinajstić information content (AvgIpc) is 2.52. The third-order valence-electron chi connectivity index (χ3n) is 3.41. The summed E-state index contributed by atoms with van der Waals surface area (Å²) < 4.78 is 23.6. The van der Waals surface area contributed by atoms with Crippen molar-refractivity contribution in [2.24, 2.45) is 0 Å². The molecule has 2 aromatic rings. The lowest BCUT2D eigenvalue weighted by Crippen LogP contribution is -2.16. The molecule has 0 atom stereocenters. The molecule has 5 heteroatoms. The molecule has 0 aliphatic heterocycles. The van der Waals surface area contributed by atoms with Gasteiger partial charge in [-0.1, -0.05) is 23.8 Å². The zero-order chi connectivity index (χ0) is 17.0. The van der Waals surface area contributed by atoms with E-state index in [0.717, 1.165) is 17.2 Å². The van der Waals surface area contributed by atoms with Crippen molar-refractivity contribution in [1.29, 1.82) is 0 Å². The first-order valence-electron chi connectivity index (χ1n) is 7.03. The number of carbonyl (C=O) groups is 2. The Bertz CT molecular complexity index is 753. The van der Waals surface area contributed by atoms with Gasteiger partial charge in [-0.25, -0.2) is 9.18 Å². The largest absolute Gasteiger partial charge is 0.497 e. The maximum atomic E-state index is 13.8. The molecular formula is C18H17FO4. The fourth-order valence-corrected chi connectivity index (χ4v) is 2.20. The monoisotopic (exact) mass is 316 g/mol. The molecule has 0 radical (unpaired) electrons. The minimum Gasteiger partial charge on any atom is -0.497 e. The zero-order valence-corrected chi connectivity index (χ0v) is 13.2. The minimum absolute atomic E-state index is 0.237. The van der Waals surface area contributed by atoms with E-state index in [9.17, 15) is 14.0 Å². The number of benzene rings is 2. The average molecular weight is 316 g/mol. The number of methoxy groups -OCH3 is 1. The van der Waals surface area contributed by atoms with Crippen LogP contribution in [0.5, 0.6) is 5.75 Å². The molecular weight excluding hydrogens is 299 g/mol. The van der Waals surface area contributed by atoms with Crippen LogP contribution in [0.25, 0.3) is 0 Å². The fraction of sp³-hybridized carbons (Fsp3) is 0.222. The molecule has 120 valence electrons. The van der Waals surface area contributed by atoms with Gasteiger partial charge in [0, 0.05) is 11.6 Å². The summed E-state index contributed by atoms with van der Waals surface area (Å²) in [4.78, 5) is 24.0. The zero-order valence-electron chi connectivity index (χ0n) is 13.2. The van der Waals surface area contributed by atoms with Crippen molar-refractivity contribution in [2.45, 2.75) is 13.8 Å². The number of hydrogen-bond donors (Lipinski definition) is 0. The van der Waals surface area contributed by atoms with Crippen molar-refractivity contribution in [3.05, 3.63) is 64.5 Å². The van der Waals surface area contributed by atoms with Crippen molar-refractivity contribution in [3.8, 4) is 5.75 Å². The number of carbonyl (C=O) groups excluding carboxylic acids is 2.